The van der Waals surface area contributed by atoms with Gasteiger partial charge in [-0.05, 0) is 47.5 Å². The number of fused-ring (bicyclic) bond motifs is 9. The van der Waals surface area contributed by atoms with Gasteiger partial charge in [0.1, 0.15) is 19.8 Å². The van der Waals surface area contributed by atoms with Crippen LogP contribution >= 0.6 is 57.5 Å². The van der Waals surface area contributed by atoms with Crippen molar-refractivity contribution in [2.24, 2.45) is 5.41 Å². The standard InChI is InChI=1S/C66H50N2O6S5/c1-2-60(69)72-37-36-67-64(70)73-38-66(40-75-55-31-10-4-19-43(55)49-25-16-28-52-46-22-7-13-34-58(46)78-62(49)52,41-76-56-32-11-5-20-44(56)50-26-17-29-53-47-23-8-14-35-59(47)79-63(50)53)39-74-65(71)68-54-30-9-3-18-42(54)48-24-15-27-51-45-21-6-12-33-57(45)77-61(48)51/h2-35H,1,36-41H2,(H,67,70)(H,68,71). The van der Waals surface area contributed by atoms with Gasteiger partial charge in [0.05, 0.1) is 17.6 Å². The van der Waals surface area contributed by atoms with E-state index in [2.05, 4.69) is 181 Å². The summed E-state index contributed by atoms with van der Waals surface area (Å²) in [6.07, 6.45) is -0.265. The van der Waals surface area contributed by atoms with Gasteiger partial charge in [-0.25, -0.2) is 14.4 Å². The van der Waals surface area contributed by atoms with Gasteiger partial charge in [0, 0.05) is 110 Å². The van der Waals surface area contributed by atoms with Gasteiger partial charge in [0.15, 0.2) is 0 Å². The first kappa shape index (κ1) is 51.8. The highest BCUT2D eigenvalue weighted by Crippen LogP contribution is 2.47. The van der Waals surface area contributed by atoms with Crippen LogP contribution in [0.5, 0.6) is 0 Å². The molecule has 0 aliphatic carbocycles. The molecule has 0 fully saturated rings. The van der Waals surface area contributed by atoms with E-state index in [1.807, 2.05) is 36.4 Å². The van der Waals surface area contributed by atoms with E-state index in [0.717, 1.165) is 59.3 Å². The Morgan fingerprint density at radius 1 is 0.443 bits per heavy atom. The third-order valence-corrected chi connectivity index (χ3v) is 20.4. The molecule has 8 nitrogen and oxygen atoms in total. The van der Waals surface area contributed by atoms with Gasteiger partial charge in [0.25, 0.3) is 0 Å². The molecule has 0 aliphatic rings. The molecule has 2 N–H and O–H groups in total. The molecule has 0 spiro atoms. The number of alkyl carbamates (subject to hydrolysis) is 1. The van der Waals surface area contributed by atoms with Gasteiger partial charge in [-0.3, -0.25) is 5.32 Å². The third kappa shape index (κ3) is 10.8. The topological polar surface area (TPSA) is 103 Å². The molecule has 3 heterocycles. The average Bonchev–Trinajstić information content (AvgIpc) is 4.32. The molecule has 0 saturated carbocycles. The molecule has 3 aromatic heterocycles. The molecule has 13 heteroatoms. The lowest BCUT2D eigenvalue weighted by Gasteiger charge is -2.33. The minimum atomic E-state index is -0.991. The van der Waals surface area contributed by atoms with Crippen molar-refractivity contribution < 1.29 is 28.6 Å². The Balaban J connectivity index is 0.902. The first-order chi connectivity index (χ1) is 38.8. The van der Waals surface area contributed by atoms with Gasteiger partial charge in [0.2, 0.25) is 0 Å². The Morgan fingerprint density at radius 2 is 0.835 bits per heavy atom. The SMILES string of the molecule is C=CC(=O)OCCNC(=O)OCC(COC(=O)Nc1ccccc1-c1cccc2c1sc1ccccc12)(CSc1ccccc1-c1cccc2c1sc1ccccc12)CSc1ccccc1-c1cccc2c1sc1ccccc12. The highest BCUT2D eigenvalue weighted by atomic mass is 32.2. The van der Waals surface area contributed by atoms with E-state index < -0.39 is 23.6 Å². The van der Waals surface area contributed by atoms with E-state index >= 15 is 0 Å². The molecule has 12 aromatic rings. The lowest BCUT2D eigenvalue weighted by molar-refractivity contribution is -0.137. The zero-order valence-corrected chi connectivity index (χ0v) is 46.7. The molecule has 79 heavy (non-hydrogen) atoms. The van der Waals surface area contributed by atoms with Gasteiger partial charge < -0.3 is 19.5 Å². The highest BCUT2D eigenvalue weighted by Gasteiger charge is 2.36. The summed E-state index contributed by atoms with van der Waals surface area (Å²) in [6.45, 7) is 3.19. The molecule has 9 aromatic carbocycles. The van der Waals surface area contributed by atoms with Gasteiger partial charge in [-0.2, -0.15) is 0 Å². The van der Waals surface area contributed by atoms with Crippen LogP contribution in [0.25, 0.3) is 93.9 Å². The number of hydrogen-bond acceptors (Lipinski definition) is 11. The zero-order chi connectivity index (χ0) is 53.7. The fourth-order valence-corrected chi connectivity index (χ4v) is 16.3. The lowest BCUT2D eigenvalue weighted by atomic mass is 9.95. The van der Waals surface area contributed by atoms with E-state index in [-0.39, 0.29) is 26.4 Å². The van der Waals surface area contributed by atoms with Crippen LogP contribution in [-0.4, -0.2) is 56.0 Å². The van der Waals surface area contributed by atoms with E-state index in [0.29, 0.717) is 17.2 Å². The summed E-state index contributed by atoms with van der Waals surface area (Å²) in [5.74, 6) is 0.177. The second kappa shape index (κ2) is 23.2. The summed E-state index contributed by atoms with van der Waals surface area (Å²) in [6, 6.07) is 69.3. The van der Waals surface area contributed by atoms with Gasteiger partial charge in [-0.1, -0.05) is 170 Å². The summed E-state index contributed by atoms with van der Waals surface area (Å²) in [5, 5.41) is 13.0. The van der Waals surface area contributed by atoms with Crippen molar-refractivity contribution in [3.8, 4) is 33.4 Å². The van der Waals surface area contributed by atoms with Crippen LogP contribution < -0.4 is 10.6 Å². The Hall–Kier alpha value is -7.91. The smallest absolute Gasteiger partial charge is 0.411 e. The van der Waals surface area contributed by atoms with E-state index in [1.165, 1.54) is 50.4 Å². The van der Waals surface area contributed by atoms with Crippen molar-refractivity contribution in [2.75, 3.05) is 43.2 Å². The molecule has 0 bridgehead atoms. The monoisotopic (exact) mass is 1130 g/mol. The van der Waals surface area contributed by atoms with Crippen LogP contribution in [-0.2, 0) is 19.0 Å². The Morgan fingerprint density at radius 3 is 1.33 bits per heavy atom. The number of carbonyl (C=O) groups excluding carboxylic acids is 3. The third-order valence-electron chi connectivity index (χ3n) is 13.9. The number of amides is 2. The van der Waals surface area contributed by atoms with E-state index in [4.69, 9.17) is 14.2 Å². The first-order valence-electron chi connectivity index (χ1n) is 25.7. The number of nitrogens with one attached hydrogen (secondary N) is 2. The molecule has 0 atom stereocenters. The molecular weight excluding hydrogens is 1080 g/mol. The second-order valence-corrected chi connectivity index (χ2v) is 24.2. The molecule has 0 unspecified atom stereocenters. The number of esters is 1. The lowest BCUT2D eigenvalue weighted by Crippen LogP contribution is -2.41. The molecule has 2 amide bonds. The molecule has 0 aliphatic heterocycles. The number of hydrogen-bond donors (Lipinski definition) is 2. The summed E-state index contributed by atoms with van der Waals surface area (Å²) >= 11 is 8.59. The van der Waals surface area contributed by atoms with Crippen molar-refractivity contribution in [1.29, 1.82) is 0 Å². The average molecular weight is 1130 g/mol. The molecule has 390 valence electrons. The number of thiophene rings is 3. The summed E-state index contributed by atoms with van der Waals surface area (Å²) < 4.78 is 24.9. The van der Waals surface area contributed by atoms with E-state index in [9.17, 15) is 14.4 Å². The molecule has 0 radical (unpaired) electrons. The number of thioether (sulfide) groups is 2. The number of benzene rings is 9. The van der Waals surface area contributed by atoms with Crippen LogP contribution in [0.2, 0.25) is 0 Å². The van der Waals surface area contributed by atoms with Crippen LogP contribution in [0.15, 0.2) is 223 Å². The van der Waals surface area contributed by atoms with Gasteiger partial charge >= 0.3 is 18.2 Å². The minimum Gasteiger partial charge on any atom is -0.461 e. The summed E-state index contributed by atoms with van der Waals surface area (Å²) in [4.78, 5) is 42.1. The predicted octanol–water partition coefficient (Wildman–Crippen LogP) is 18.4. The van der Waals surface area contributed by atoms with Crippen LogP contribution in [0, 0.1) is 5.41 Å². The van der Waals surface area contributed by atoms with E-state index in [1.54, 1.807) is 57.5 Å². The van der Waals surface area contributed by atoms with Gasteiger partial charge in [-0.15, -0.1) is 57.5 Å². The summed E-state index contributed by atoms with van der Waals surface area (Å²) in [7, 11) is 0. The van der Waals surface area contributed by atoms with Crippen LogP contribution in [0.1, 0.15) is 0 Å². The molecule has 12 rings (SSSR count). The largest absolute Gasteiger partial charge is 0.461 e. The fourth-order valence-electron chi connectivity index (χ4n) is 10.0. The maximum atomic E-state index is 14.6. The molecular formula is C66H50N2O6S5. The van der Waals surface area contributed by atoms with Crippen molar-refractivity contribution in [3.63, 3.8) is 0 Å². The number of rotatable bonds is 18. The maximum Gasteiger partial charge on any atom is 0.411 e. The quantitative estimate of drug-likeness (QED) is 0.0288. The Labute approximate surface area is 477 Å². The second-order valence-electron chi connectivity index (χ2n) is 19.0. The normalized spacial score (nSPS) is 11.6. The fraction of sp³-hybridized carbons (Fsp3) is 0.106. The number of anilines is 1. The maximum absolute atomic E-state index is 14.6. The Bertz CT molecular complexity index is 4110. The number of para-hydroxylation sites is 1. The predicted molar refractivity (Wildman–Crippen MR) is 334 cm³/mol. The van der Waals surface area contributed by atoms with Crippen molar-refractivity contribution in [2.45, 2.75) is 9.79 Å². The molecule has 0 saturated heterocycles. The van der Waals surface area contributed by atoms with Crippen molar-refractivity contribution >= 4 is 142 Å². The minimum absolute atomic E-state index is 0.0236. The zero-order valence-electron chi connectivity index (χ0n) is 42.6. The Kier molecular flexibility index (Phi) is 15.2. The first-order valence-corrected chi connectivity index (χ1v) is 30.1. The van der Waals surface area contributed by atoms with Crippen molar-refractivity contribution in [3.05, 3.63) is 213 Å². The number of carbonyl (C=O) groups is 3. The van der Waals surface area contributed by atoms with Crippen LogP contribution in [0.4, 0.5) is 15.3 Å². The summed E-state index contributed by atoms with van der Waals surface area (Å²) in [5.41, 5.74) is 5.88. The number of ether oxygens (including phenoxy) is 3. The highest BCUT2D eigenvalue weighted by molar-refractivity contribution is 8.00. The van der Waals surface area contributed by atoms with Crippen molar-refractivity contribution in [1.82, 2.24) is 5.32 Å². The van der Waals surface area contributed by atoms with Crippen LogP contribution in [0.3, 0.4) is 0 Å².